The first kappa shape index (κ1) is 14.2. The topological polar surface area (TPSA) is 107 Å². The SMILES string of the molecule is COc1ccc(/C(N)=N/O)cc1CSc1nnc(C)o1. The van der Waals surface area contributed by atoms with Crippen LogP contribution in [-0.4, -0.2) is 28.4 Å². The van der Waals surface area contributed by atoms with Crippen LogP contribution in [0.4, 0.5) is 0 Å². The molecule has 0 radical (unpaired) electrons. The fourth-order valence-electron chi connectivity index (χ4n) is 1.58. The van der Waals surface area contributed by atoms with Crippen LogP contribution < -0.4 is 10.5 Å². The van der Waals surface area contributed by atoms with E-state index in [0.717, 1.165) is 5.56 Å². The Bertz CT molecular complexity index is 627. The number of aryl methyl sites for hydroxylation is 1. The number of thioether (sulfide) groups is 1. The lowest BCUT2D eigenvalue weighted by molar-refractivity contribution is 0.318. The standard InChI is InChI=1S/C12H14N4O3S/c1-7-14-15-12(19-7)20-6-9-5-8(11(13)16-17)3-4-10(9)18-2/h3-5,17H,6H2,1-2H3,(H2,13,16). The third-order valence-electron chi connectivity index (χ3n) is 2.54. The van der Waals surface area contributed by atoms with Crippen LogP contribution in [0.3, 0.4) is 0 Å². The van der Waals surface area contributed by atoms with Gasteiger partial charge in [-0.25, -0.2) is 0 Å². The molecule has 0 spiro atoms. The number of benzene rings is 1. The average Bonchev–Trinajstić information content (AvgIpc) is 2.89. The summed E-state index contributed by atoms with van der Waals surface area (Å²) >= 11 is 1.39. The Morgan fingerprint density at radius 2 is 2.30 bits per heavy atom. The lowest BCUT2D eigenvalue weighted by atomic mass is 10.1. The molecular weight excluding hydrogens is 280 g/mol. The summed E-state index contributed by atoms with van der Waals surface area (Å²) in [5, 5.41) is 19.8. The maximum atomic E-state index is 8.71. The van der Waals surface area contributed by atoms with E-state index in [1.165, 1.54) is 11.8 Å². The molecule has 3 N–H and O–H groups in total. The molecule has 20 heavy (non-hydrogen) atoms. The maximum Gasteiger partial charge on any atom is 0.276 e. The molecule has 1 aromatic heterocycles. The number of aromatic nitrogens is 2. The quantitative estimate of drug-likeness (QED) is 0.284. The van der Waals surface area contributed by atoms with Gasteiger partial charge in [0.25, 0.3) is 5.22 Å². The number of amidine groups is 1. The first-order chi connectivity index (χ1) is 9.63. The van der Waals surface area contributed by atoms with Gasteiger partial charge in [-0.05, 0) is 18.2 Å². The van der Waals surface area contributed by atoms with E-state index in [2.05, 4.69) is 15.4 Å². The van der Waals surface area contributed by atoms with E-state index in [0.29, 0.717) is 28.2 Å². The Morgan fingerprint density at radius 1 is 1.50 bits per heavy atom. The third kappa shape index (κ3) is 3.21. The van der Waals surface area contributed by atoms with E-state index < -0.39 is 0 Å². The molecule has 1 heterocycles. The number of methoxy groups -OCH3 is 1. The Kier molecular flexibility index (Phi) is 4.46. The number of hydrogen-bond donors (Lipinski definition) is 2. The van der Waals surface area contributed by atoms with E-state index in [4.69, 9.17) is 20.1 Å². The monoisotopic (exact) mass is 294 g/mol. The molecular formula is C12H14N4O3S. The first-order valence-electron chi connectivity index (χ1n) is 5.71. The number of oxime groups is 1. The zero-order valence-corrected chi connectivity index (χ0v) is 11.8. The van der Waals surface area contributed by atoms with E-state index in [-0.39, 0.29) is 5.84 Å². The van der Waals surface area contributed by atoms with Crippen molar-refractivity contribution in [3.8, 4) is 5.75 Å². The van der Waals surface area contributed by atoms with Gasteiger partial charge in [-0.3, -0.25) is 0 Å². The summed E-state index contributed by atoms with van der Waals surface area (Å²) in [6.45, 7) is 1.73. The zero-order chi connectivity index (χ0) is 14.5. The molecule has 0 fully saturated rings. The Balaban J connectivity index is 2.20. The number of rotatable bonds is 5. The highest BCUT2D eigenvalue weighted by atomic mass is 32.2. The van der Waals surface area contributed by atoms with Crippen molar-refractivity contribution in [2.45, 2.75) is 17.9 Å². The summed E-state index contributed by atoms with van der Waals surface area (Å²) in [5.74, 6) is 1.85. The largest absolute Gasteiger partial charge is 0.496 e. The predicted molar refractivity (Wildman–Crippen MR) is 74.1 cm³/mol. The van der Waals surface area contributed by atoms with Crippen LogP contribution in [0.1, 0.15) is 17.0 Å². The molecule has 0 atom stereocenters. The van der Waals surface area contributed by atoms with E-state index >= 15 is 0 Å². The third-order valence-corrected chi connectivity index (χ3v) is 3.41. The second kappa shape index (κ2) is 6.29. The van der Waals surface area contributed by atoms with Crippen LogP contribution in [-0.2, 0) is 5.75 Å². The summed E-state index contributed by atoms with van der Waals surface area (Å²) in [6, 6.07) is 5.28. The van der Waals surface area contributed by atoms with Gasteiger partial charge in [0.05, 0.1) is 7.11 Å². The molecule has 106 valence electrons. The summed E-state index contributed by atoms with van der Waals surface area (Å²) in [6.07, 6.45) is 0. The smallest absolute Gasteiger partial charge is 0.276 e. The van der Waals surface area contributed by atoms with Crippen molar-refractivity contribution in [1.82, 2.24) is 10.2 Å². The van der Waals surface area contributed by atoms with Crippen LogP contribution in [0.5, 0.6) is 5.75 Å². The highest BCUT2D eigenvalue weighted by molar-refractivity contribution is 7.98. The molecule has 0 unspecified atom stereocenters. The Labute approximate surface area is 119 Å². The minimum atomic E-state index is 0.0486. The van der Waals surface area contributed by atoms with Gasteiger partial charge in [0.2, 0.25) is 5.89 Å². The summed E-state index contributed by atoms with van der Waals surface area (Å²) in [5.41, 5.74) is 7.08. The maximum absolute atomic E-state index is 8.71. The highest BCUT2D eigenvalue weighted by Crippen LogP contribution is 2.28. The van der Waals surface area contributed by atoms with Crippen molar-refractivity contribution in [2.24, 2.45) is 10.9 Å². The minimum Gasteiger partial charge on any atom is -0.496 e. The van der Waals surface area contributed by atoms with Crippen LogP contribution in [0.15, 0.2) is 33.0 Å². The van der Waals surface area contributed by atoms with E-state index in [9.17, 15) is 0 Å². The molecule has 0 aliphatic rings. The van der Waals surface area contributed by atoms with Gasteiger partial charge in [-0.1, -0.05) is 16.9 Å². The molecule has 2 rings (SSSR count). The molecule has 2 aromatic rings. The van der Waals surface area contributed by atoms with Crippen molar-refractivity contribution >= 4 is 17.6 Å². The summed E-state index contributed by atoms with van der Waals surface area (Å²) in [4.78, 5) is 0. The normalized spacial score (nSPS) is 11.6. The van der Waals surface area contributed by atoms with Gasteiger partial charge < -0.3 is 20.1 Å². The lowest BCUT2D eigenvalue weighted by Crippen LogP contribution is -2.13. The van der Waals surface area contributed by atoms with Crippen molar-refractivity contribution in [3.05, 3.63) is 35.2 Å². The first-order valence-corrected chi connectivity index (χ1v) is 6.70. The molecule has 7 nitrogen and oxygen atoms in total. The van der Waals surface area contributed by atoms with Gasteiger partial charge in [-0.15, -0.1) is 10.2 Å². The fraction of sp³-hybridized carbons (Fsp3) is 0.250. The number of ether oxygens (including phenoxy) is 1. The van der Waals surface area contributed by atoms with Gasteiger partial charge in [0.1, 0.15) is 5.75 Å². The zero-order valence-electron chi connectivity index (χ0n) is 11.0. The molecule has 0 bridgehead atoms. The van der Waals surface area contributed by atoms with Gasteiger partial charge in [0, 0.05) is 23.8 Å². The average molecular weight is 294 g/mol. The van der Waals surface area contributed by atoms with Crippen LogP contribution in [0.2, 0.25) is 0 Å². The van der Waals surface area contributed by atoms with Crippen LogP contribution >= 0.6 is 11.8 Å². The highest BCUT2D eigenvalue weighted by Gasteiger charge is 2.10. The Hall–Kier alpha value is -2.22. The molecule has 8 heteroatoms. The lowest BCUT2D eigenvalue weighted by Gasteiger charge is -2.09. The molecule has 0 saturated heterocycles. The van der Waals surface area contributed by atoms with Crippen molar-refractivity contribution in [1.29, 1.82) is 0 Å². The summed E-state index contributed by atoms with van der Waals surface area (Å²) in [7, 11) is 1.59. The fourth-order valence-corrected chi connectivity index (χ4v) is 2.37. The molecule has 0 aliphatic heterocycles. The Morgan fingerprint density at radius 3 is 2.90 bits per heavy atom. The van der Waals surface area contributed by atoms with Crippen molar-refractivity contribution < 1.29 is 14.4 Å². The molecule has 0 amide bonds. The molecule has 1 aromatic carbocycles. The van der Waals surface area contributed by atoms with Gasteiger partial charge in [-0.2, -0.15) is 0 Å². The van der Waals surface area contributed by atoms with Crippen LogP contribution in [0, 0.1) is 6.92 Å². The van der Waals surface area contributed by atoms with Gasteiger partial charge in [0.15, 0.2) is 5.84 Å². The second-order valence-electron chi connectivity index (χ2n) is 3.89. The molecule has 0 saturated carbocycles. The summed E-state index contributed by atoms with van der Waals surface area (Å²) < 4.78 is 10.6. The van der Waals surface area contributed by atoms with Crippen molar-refractivity contribution in [2.75, 3.05) is 7.11 Å². The predicted octanol–water partition coefficient (Wildman–Crippen LogP) is 1.77. The number of nitrogens with two attached hydrogens (primary N) is 1. The van der Waals surface area contributed by atoms with E-state index in [1.54, 1.807) is 32.2 Å². The molecule has 0 aliphatic carbocycles. The minimum absolute atomic E-state index is 0.0486. The van der Waals surface area contributed by atoms with Crippen LogP contribution in [0.25, 0.3) is 0 Å². The number of hydrogen-bond acceptors (Lipinski definition) is 7. The van der Waals surface area contributed by atoms with E-state index in [1.807, 2.05) is 0 Å². The second-order valence-corrected chi connectivity index (χ2v) is 4.81. The van der Waals surface area contributed by atoms with Crippen molar-refractivity contribution in [3.63, 3.8) is 0 Å². The van der Waals surface area contributed by atoms with Gasteiger partial charge >= 0.3 is 0 Å². The number of nitrogens with zero attached hydrogens (tertiary/aromatic N) is 3.